The Morgan fingerprint density at radius 3 is 2.83 bits per heavy atom. The van der Waals surface area contributed by atoms with E-state index < -0.39 is 12.0 Å². The van der Waals surface area contributed by atoms with Crippen molar-refractivity contribution < 1.29 is 14.3 Å². The average Bonchev–Trinajstić information content (AvgIpc) is 2.34. The number of hydrogen-bond acceptors (Lipinski definition) is 5. The molecule has 0 radical (unpaired) electrons. The molecular weight excluding hydrogens is 260 g/mol. The number of halogens is 1. The van der Waals surface area contributed by atoms with Gasteiger partial charge in [0.2, 0.25) is 0 Å². The smallest absolute Gasteiger partial charge is 0.404 e. The molecule has 2 amide bonds. The number of rotatable bonds is 5. The van der Waals surface area contributed by atoms with E-state index in [1.165, 1.54) is 0 Å². The summed E-state index contributed by atoms with van der Waals surface area (Å²) in [6.45, 7) is 0.119. The number of nitrogens with two attached hydrogens (primary N) is 1. The molecule has 8 heteroatoms. The van der Waals surface area contributed by atoms with Crippen molar-refractivity contribution in [2.45, 2.75) is 0 Å². The quantitative estimate of drug-likeness (QED) is 0.681. The third-order valence-corrected chi connectivity index (χ3v) is 2.25. The Kier molecular flexibility index (Phi) is 5.19. The lowest BCUT2D eigenvalue weighted by Gasteiger charge is -2.07. The number of nitrogens with zero attached hydrogens (tertiary/aromatic N) is 1. The zero-order valence-electron chi connectivity index (χ0n) is 9.70. The molecule has 1 rings (SSSR count). The Bertz CT molecular complexity index is 453. The van der Waals surface area contributed by atoms with Gasteiger partial charge in [-0.05, 0) is 12.1 Å². The van der Waals surface area contributed by atoms with Crippen molar-refractivity contribution in [3.63, 3.8) is 0 Å². The van der Waals surface area contributed by atoms with Crippen LogP contribution in [0.3, 0.4) is 0 Å². The largest absolute Gasteiger partial charge is 0.448 e. The highest BCUT2D eigenvalue weighted by Gasteiger charge is 2.12. The summed E-state index contributed by atoms with van der Waals surface area (Å²) in [6.07, 6.45) is -0.891. The van der Waals surface area contributed by atoms with Crippen LogP contribution in [0, 0.1) is 0 Å². The first kappa shape index (κ1) is 14.0. The number of carbonyl (C=O) groups is 2. The minimum absolute atomic E-state index is 0.00951. The maximum absolute atomic E-state index is 11.7. The molecule has 0 saturated carbocycles. The van der Waals surface area contributed by atoms with Crippen LogP contribution < -0.4 is 16.4 Å². The Labute approximate surface area is 109 Å². The number of nitrogens with one attached hydrogen (secondary N) is 2. The van der Waals surface area contributed by atoms with Crippen molar-refractivity contribution in [1.29, 1.82) is 0 Å². The van der Waals surface area contributed by atoms with Crippen LogP contribution in [0.5, 0.6) is 0 Å². The predicted molar refractivity (Wildman–Crippen MR) is 66.7 cm³/mol. The Hall–Kier alpha value is -2.02. The second kappa shape index (κ2) is 6.65. The zero-order valence-corrected chi connectivity index (χ0v) is 10.5. The Balaban J connectivity index is 2.58. The zero-order chi connectivity index (χ0) is 13.5. The van der Waals surface area contributed by atoms with Crippen LogP contribution in [-0.2, 0) is 4.74 Å². The van der Waals surface area contributed by atoms with Gasteiger partial charge in [-0.2, -0.15) is 0 Å². The fourth-order valence-electron chi connectivity index (χ4n) is 1.14. The second-order valence-electron chi connectivity index (χ2n) is 3.20. The summed E-state index contributed by atoms with van der Waals surface area (Å²) in [5.74, 6) is 0.0723. The van der Waals surface area contributed by atoms with Gasteiger partial charge in [0.05, 0.1) is 11.6 Å². The van der Waals surface area contributed by atoms with Gasteiger partial charge in [-0.3, -0.25) is 4.79 Å². The summed E-state index contributed by atoms with van der Waals surface area (Å²) in [5.41, 5.74) is 4.87. The lowest BCUT2D eigenvalue weighted by molar-refractivity contribution is 0.0932. The van der Waals surface area contributed by atoms with Gasteiger partial charge in [0, 0.05) is 7.05 Å². The van der Waals surface area contributed by atoms with E-state index in [-0.39, 0.29) is 23.9 Å². The number of ether oxygens (including phenoxy) is 1. The normalized spacial score (nSPS) is 9.67. The van der Waals surface area contributed by atoms with E-state index >= 15 is 0 Å². The topological polar surface area (TPSA) is 106 Å². The molecule has 0 aliphatic heterocycles. The molecule has 1 aromatic heterocycles. The van der Waals surface area contributed by atoms with Crippen LogP contribution in [0.4, 0.5) is 10.6 Å². The van der Waals surface area contributed by atoms with Crippen LogP contribution >= 0.6 is 11.6 Å². The summed E-state index contributed by atoms with van der Waals surface area (Å²) >= 11 is 5.85. The predicted octanol–water partition coefficient (Wildman–Crippen LogP) is 0.602. The molecule has 1 aromatic rings. The molecule has 0 spiro atoms. The van der Waals surface area contributed by atoms with Gasteiger partial charge < -0.3 is 21.1 Å². The van der Waals surface area contributed by atoms with Gasteiger partial charge in [-0.25, -0.2) is 9.78 Å². The van der Waals surface area contributed by atoms with Crippen molar-refractivity contribution >= 4 is 29.4 Å². The van der Waals surface area contributed by atoms with Crippen molar-refractivity contribution in [3.05, 3.63) is 22.8 Å². The molecule has 0 aliphatic carbocycles. The molecule has 0 saturated heterocycles. The maximum atomic E-state index is 11.7. The molecular formula is C10H13ClN4O3. The molecule has 0 aromatic carbocycles. The van der Waals surface area contributed by atoms with Crippen molar-refractivity contribution in [1.82, 2.24) is 10.3 Å². The molecule has 1 heterocycles. The van der Waals surface area contributed by atoms with Gasteiger partial charge in [0.25, 0.3) is 5.91 Å². The minimum Gasteiger partial charge on any atom is -0.448 e. The number of primary amides is 1. The molecule has 0 aliphatic rings. The molecule has 0 bridgehead atoms. The number of anilines is 1. The summed E-state index contributed by atoms with van der Waals surface area (Å²) < 4.78 is 4.46. The maximum Gasteiger partial charge on any atom is 0.404 e. The van der Waals surface area contributed by atoms with Crippen molar-refractivity contribution in [3.8, 4) is 0 Å². The third kappa shape index (κ3) is 4.10. The summed E-state index contributed by atoms with van der Waals surface area (Å²) in [4.78, 5) is 26.0. The van der Waals surface area contributed by atoms with Crippen molar-refractivity contribution in [2.24, 2.45) is 5.73 Å². The van der Waals surface area contributed by atoms with Crippen LogP contribution in [0.2, 0.25) is 5.02 Å². The lowest BCUT2D eigenvalue weighted by Crippen LogP contribution is -2.30. The third-order valence-electron chi connectivity index (χ3n) is 1.95. The SMILES string of the molecule is CNc1ccc(Cl)c(C(=O)NCCOC(N)=O)n1. The van der Waals surface area contributed by atoms with Gasteiger partial charge in [0.15, 0.2) is 0 Å². The molecule has 0 atom stereocenters. The highest BCUT2D eigenvalue weighted by molar-refractivity contribution is 6.33. The van der Waals surface area contributed by atoms with Gasteiger partial charge >= 0.3 is 6.09 Å². The van der Waals surface area contributed by atoms with E-state index in [0.29, 0.717) is 5.82 Å². The van der Waals surface area contributed by atoms with E-state index in [4.69, 9.17) is 17.3 Å². The van der Waals surface area contributed by atoms with Crippen molar-refractivity contribution in [2.75, 3.05) is 25.5 Å². The van der Waals surface area contributed by atoms with E-state index in [9.17, 15) is 9.59 Å². The number of hydrogen-bond donors (Lipinski definition) is 3. The summed E-state index contributed by atoms with van der Waals surface area (Å²) in [5, 5.41) is 5.53. The standard InChI is InChI=1S/C10H13ClN4O3/c1-13-7-3-2-6(11)8(15-7)9(16)14-4-5-18-10(12)17/h2-3H,4-5H2,1H3,(H2,12,17)(H,13,15)(H,14,16). The average molecular weight is 273 g/mol. The van der Waals surface area contributed by atoms with E-state index in [2.05, 4.69) is 20.4 Å². The lowest BCUT2D eigenvalue weighted by atomic mass is 10.3. The molecule has 18 heavy (non-hydrogen) atoms. The van der Waals surface area contributed by atoms with Gasteiger partial charge in [0.1, 0.15) is 18.1 Å². The van der Waals surface area contributed by atoms with Crippen LogP contribution in [0.25, 0.3) is 0 Å². The molecule has 98 valence electrons. The number of carbonyl (C=O) groups excluding carboxylic acids is 2. The number of pyridine rings is 1. The highest BCUT2D eigenvalue weighted by Crippen LogP contribution is 2.16. The first-order valence-electron chi connectivity index (χ1n) is 5.09. The van der Waals surface area contributed by atoms with Crippen LogP contribution in [0.1, 0.15) is 10.5 Å². The molecule has 0 fully saturated rings. The Morgan fingerprint density at radius 2 is 2.22 bits per heavy atom. The van der Waals surface area contributed by atoms with Gasteiger partial charge in [-0.1, -0.05) is 11.6 Å². The molecule has 7 nitrogen and oxygen atoms in total. The van der Waals surface area contributed by atoms with E-state index in [1.807, 2.05) is 0 Å². The molecule has 0 unspecified atom stereocenters. The monoisotopic (exact) mass is 272 g/mol. The molecule has 4 N–H and O–H groups in total. The first-order chi connectivity index (χ1) is 8.54. The first-order valence-corrected chi connectivity index (χ1v) is 5.47. The number of aromatic nitrogens is 1. The van der Waals surface area contributed by atoms with E-state index in [1.54, 1.807) is 19.2 Å². The fraction of sp³-hybridized carbons (Fsp3) is 0.300. The highest BCUT2D eigenvalue weighted by atomic mass is 35.5. The van der Waals surface area contributed by atoms with Crippen LogP contribution in [0.15, 0.2) is 12.1 Å². The minimum atomic E-state index is -0.891. The van der Waals surface area contributed by atoms with Gasteiger partial charge in [-0.15, -0.1) is 0 Å². The summed E-state index contributed by atoms with van der Waals surface area (Å²) in [7, 11) is 1.68. The number of amides is 2. The van der Waals surface area contributed by atoms with E-state index in [0.717, 1.165) is 0 Å². The fourth-order valence-corrected chi connectivity index (χ4v) is 1.33. The Morgan fingerprint density at radius 1 is 1.50 bits per heavy atom. The second-order valence-corrected chi connectivity index (χ2v) is 3.61. The van der Waals surface area contributed by atoms with Crippen LogP contribution in [-0.4, -0.2) is 37.2 Å². The summed E-state index contributed by atoms with van der Waals surface area (Å²) in [6, 6.07) is 3.21.